The molecule has 0 atom stereocenters. The molecule has 1 aliphatic heterocycles. The van der Waals surface area contributed by atoms with Crippen molar-refractivity contribution in [3.05, 3.63) is 34.2 Å². The van der Waals surface area contributed by atoms with Gasteiger partial charge < -0.3 is 0 Å². The van der Waals surface area contributed by atoms with Crippen molar-refractivity contribution in [3.63, 3.8) is 0 Å². The summed E-state index contributed by atoms with van der Waals surface area (Å²) in [4.78, 5) is 9.49. The maximum Gasteiger partial charge on any atom is 0.274 e. The maximum absolute atomic E-state index is 10.0. The second kappa shape index (κ2) is 2.30. The van der Waals surface area contributed by atoms with Gasteiger partial charge in [-0.3, -0.25) is 15.5 Å². The van der Waals surface area contributed by atoms with Crippen molar-refractivity contribution in [1.29, 1.82) is 5.41 Å². The van der Waals surface area contributed by atoms with Crippen LogP contribution in [0.2, 0.25) is 0 Å². The summed E-state index contributed by atoms with van der Waals surface area (Å²) in [6.07, 6.45) is 3.58. The van der Waals surface area contributed by atoms with Crippen LogP contribution in [0.3, 0.4) is 0 Å². The van der Waals surface area contributed by atoms with Gasteiger partial charge >= 0.3 is 0 Å². The molecular weight excluding hydrogens is 134 g/mol. The molecule has 1 rings (SSSR count). The molecular formula is C5H4N3O2. The fraction of sp³-hybridized carbons (Fsp3) is 0. The van der Waals surface area contributed by atoms with Gasteiger partial charge in [0, 0.05) is 12.3 Å². The minimum absolute atomic E-state index is 0.0887. The average molecular weight is 138 g/mol. The van der Waals surface area contributed by atoms with Gasteiger partial charge in [0.05, 0.1) is 11.0 Å². The zero-order valence-electron chi connectivity index (χ0n) is 4.94. The molecule has 1 N–H and O–H groups in total. The van der Waals surface area contributed by atoms with Crippen LogP contribution in [0.4, 0.5) is 0 Å². The number of nitrogens with zero attached hydrogens (tertiary/aromatic N) is 2. The Bertz CT molecular complexity index is 239. The Labute approximate surface area is 56.7 Å². The molecule has 5 nitrogen and oxygen atoms in total. The lowest BCUT2D eigenvalue weighted by molar-refractivity contribution is -0.419. The highest BCUT2D eigenvalue weighted by molar-refractivity contribution is 5.92. The van der Waals surface area contributed by atoms with Crippen molar-refractivity contribution >= 4 is 5.84 Å². The first-order valence-electron chi connectivity index (χ1n) is 2.52. The van der Waals surface area contributed by atoms with Crippen molar-refractivity contribution in [2.75, 3.05) is 0 Å². The second-order valence-corrected chi connectivity index (χ2v) is 1.66. The molecule has 0 spiro atoms. The minimum atomic E-state index is -0.556. The molecule has 0 aliphatic carbocycles. The molecule has 10 heavy (non-hydrogen) atoms. The Balaban J connectivity index is 2.86. The molecule has 0 bridgehead atoms. The number of allylic oxidation sites excluding steroid dienone is 1. The molecule has 1 radical (unpaired) electrons. The van der Waals surface area contributed by atoms with Gasteiger partial charge in [-0.2, -0.15) is 0 Å². The van der Waals surface area contributed by atoms with Crippen LogP contribution in [0, 0.1) is 15.5 Å². The van der Waals surface area contributed by atoms with Crippen molar-refractivity contribution in [1.82, 2.24) is 5.32 Å². The summed E-state index contributed by atoms with van der Waals surface area (Å²) in [6.45, 7) is 0. The lowest BCUT2D eigenvalue weighted by Crippen LogP contribution is -2.12. The molecule has 51 valence electrons. The number of nitrogens with one attached hydrogen (secondary N) is 1. The third-order valence-corrected chi connectivity index (χ3v) is 0.954. The van der Waals surface area contributed by atoms with E-state index in [4.69, 9.17) is 5.41 Å². The topological polar surface area (TPSA) is 81.1 Å². The van der Waals surface area contributed by atoms with Crippen LogP contribution in [0.25, 0.3) is 0 Å². The van der Waals surface area contributed by atoms with Crippen LogP contribution in [-0.2, 0) is 0 Å². The number of hydrogen-bond donors (Lipinski definition) is 1. The first kappa shape index (κ1) is 6.47. The molecule has 0 aromatic carbocycles. The highest BCUT2D eigenvalue weighted by Crippen LogP contribution is 2.01. The molecule has 5 heteroatoms. The number of hydrogen-bond acceptors (Lipinski definition) is 3. The molecule has 0 amide bonds. The third-order valence-electron chi connectivity index (χ3n) is 0.954. The van der Waals surface area contributed by atoms with E-state index < -0.39 is 4.92 Å². The highest BCUT2D eigenvalue weighted by atomic mass is 16.6. The number of amidine groups is 1. The van der Waals surface area contributed by atoms with Gasteiger partial charge in [0.2, 0.25) is 0 Å². The second-order valence-electron chi connectivity index (χ2n) is 1.66. The molecule has 0 saturated heterocycles. The van der Waals surface area contributed by atoms with Gasteiger partial charge in [-0.05, 0) is 0 Å². The monoisotopic (exact) mass is 138 g/mol. The Morgan fingerprint density at radius 1 is 1.70 bits per heavy atom. The molecule has 0 unspecified atom stereocenters. The Morgan fingerprint density at radius 2 is 2.40 bits per heavy atom. The van der Waals surface area contributed by atoms with E-state index in [0.717, 1.165) is 6.08 Å². The molecule has 0 saturated carbocycles. The van der Waals surface area contributed by atoms with E-state index in [1.165, 1.54) is 12.3 Å². The molecule has 0 aromatic rings. The summed E-state index contributed by atoms with van der Waals surface area (Å²) >= 11 is 0. The van der Waals surface area contributed by atoms with Gasteiger partial charge in [0.15, 0.2) is 5.84 Å². The Hall–Kier alpha value is -1.65. The summed E-state index contributed by atoms with van der Waals surface area (Å²) in [6, 6.07) is 0. The quantitative estimate of drug-likeness (QED) is 0.416. The Kier molecular flexibility index (Phi) is 1.49. The largest absolute Gasteiger partial charge is 0.283 e. The minimum Gasteiger partial charge on any atom is -0.283 e. The molecule has 0 aromatic heterocycles. The standard InChI is InChI=1S/C5H4N3O2/c6-5-3-4(8(9)10)1-2-7-5/h1-3,6H. The average Bonchev–Trinajstić information content (AvgIpc) is 1.88. The summed E-state index contributed by atoms with van der Waals surface area (Å²) in [5, 5.41) is 20.4. The predicted molar refractivity (Wildman–Crippen MR) is 34.1 cm³/mol. The first-order valence-corrected chi connectivity index (χ1v) is 2.52. The van der Waals surface area contributed by atoms with E-state index in [2.05, 4.69) is 5.32 Å². The molecule has 0 fully saturated rings. The summed E-state index contributed by atoms with van der Waals surface area (Å²) in [7, 11) is 0. The fourth-order valence-corrected chi connectivity index (χ4v) is 0.533. The van der Waals surface area contributed by atoms with Gasteiger partial charge in [-0.25, -0.2) is 5.32 Å². The maximum atomic E-state index is 10.0. The van der Waals surface area contributed by atoms with Gasteiger partial charge in [0.1, 0.15) is 0 Å². The van der Waals surface area contributed by atoms with Crippen LogP contribution in [0.1, 0.15) is 0 Å². The Morgan fingerprint density at radius 3 is 2.80 bits per heavy atom. The first-order chi connectivity index (χ1) is 4.70. The number of rotatable bonds is 1. The van der Waals surface area contributed by atoms with E-state index in [0.29, 0.717) is 0 Å². The van der Waals surface area contributed by atoms with E-state index >= 15 is 0 Å². The van der Waals surface area contributed by atoms with Crippen molar-refractivity contribution in [3.8, 4) is 0 Å². The van der Waals surface area contributed by atoms with Crippen LogP contribution < -0.4 is 5.32 Å². The zero-order valence-corrected chi connectivity index (χ0v) is 4.94. The smallest absolute Gasteiger partial charge is 0.274 e. The molecule has 1 aliphatic rings. The summed E-state index contributed by atoms with van der Waals surface area (Å²) in [5.41, 5.74) is -0.0972. The van der Waals surface area contributed by atoms with Crippen molar-refractivity contribution in [2.45, 2.75) is 0 Å². The van der Waals surface area contributed by atoms with Crippen molar-refractivity contribution in [2.24, 2.45) is 0 Å². The highest BCUT2D eigenvalue weighted by Gasteiger charge is 2.10. The van der Waals surface area contributed by atoms with Crippen LogP contribution >= 0.6 is 0 Å². The van der Waals surface area contributed by atoms with E-state index in [-0.39, 0.29) is 11.5 Å². The van der Waals surface area contributed by atoms with Gasteiger partial charge in [-0.1, -0.05) is 0 Å². The normalized spacial score (nSPS) is 16.0. The van der Waals surface area contributed by atoms with E-state index in [1.54, 1.807) is 0 Å². The van der Waals surface area contributed by atoms with Crippen LogP contribution in [0.15, 0.2) is 24.0 Å². The van der Waals surface area contributed by atoms with Crippen molar-refractivity contribution < 1.29 is 4.92 Å². The molecule has 1 heterocycles. The SMILES string of the molecule is N=C1C=C([N+](=O)[O-])C=C[N]1. The van der Waals surface area contributed by atoms with E-state index in [9.17, 15) is 10.1 Å². The fourth-order valence-electron chi connectivity index (χ4n) is 0.533. The van der Waals surface area contributed by atoms with Crippen LogP contribution in [-0.4, -0.2) is 10.8 Å². The summed E-state index contributed by atoms with van der Waals surface area (Å²) < 4.78 is 0. The zero-order chi connectivity index (χ0) is 7.56. The van der Waals surface area contributed by atoms with Gasteiger partial charge in [-0.15, -0.1) is 0 Å². The number of nitro groups is 1. The van der Waals surface area contributed by atoms with Gasteiger partial charge in [0.25, 0.3) is 5.70 Å². The van der Waals surface area contributed by atoms with E-state index in [1.807, 2.05) is 0 Å². The third kappa shape index (κ3) is 1.19. The predicted octanol–water partition coefficient (Wildman–Crippen LogP) is 0.256. The summed E-state index contributed by atoms with van der Waals surface area (Å²) in [5.74, 6) is -0.0887. The lowest BCUT2D eigenvalue weighted by Gasteiger charge is -1.98. The lowest BCUT2D eigenvalue weighted by atomic mass is 10.3. The van der Waals surface area contributed by atoms with Crippen LogP contribution in [0.5, 0.6) is 0 Å².